The molecule has 0 bridgehead atoms. The summed E-state index contributed by atoms with van der Waals surface area (Å²) in [6, 6.07) is 0. The molecule has 3 saturated heterocycles. The Labute approximate surface area is 106 Å². The summed E-state index contributed by atoms with van der Waals surface area (Å²) in [5.74, 6) is -0.602. The van der Waals surface area contributed by atoms with E-state index >= 15 is 0 Å². The lowest BCUT2D eigenvalue weighted by Gasteiger charge is -2.23. The van der Waals surface area contributed by atoms with Crippen molar-refractivity contribution in [1.82, 2.24) is 0 Å². The maximum Gasteiger partial charge on any atom is 0.186 e. The van der Waals surface area contributed by atoms with Gasteiger partial charge < -0.3 is 28.8 Å². The fraction of sp³-hybridized carbons (Fsp3) is 1.00. The van der Waals surface area contributed by atoms with E-state index in [0.717, 1.165) is 0 Å². The van der Waals surface area contributed by atoms with Crippen molar-refractivity contribution in [1.29, 1.82) is 0 Å². The Balaban J connectivity index is 1.65. The van der Waals surface area contributed by atoms with E-state index in [1.807, 2.05) is 13.8 Å². The number of epoxide rings is 1. The molecule has 104 valence electrons. The molecule has 18 heavy (non-hydrogen) atoms. The third-order valence-corrected chi connectivity index (χ3v) is 3.67. The summed E-state index contributed by atoms with van der Waals surface area (Å²) >= 11 is 0. The molecule has 0 aromatic heterocycles. The van der Waals surface area contributed by atoms with E-state index in [1.165, 1.54) is 0 Å². The smallest absolute Gasteiger partial charge is 0.186 e. The SMILES string of the molecule is CO[C@@H]1O[C@H](C[C@@H]2O[C@H]2CO)[C@H]2OC(C)(C)O[C@@H]12. The van der Waals surface area contributed by atoms with Crippen molar-refractivity contribution in [3.63, 3.8) is 0 Å². The summed E-state index contributed by atoms with van der Waals surface area (Å²) < 4.78 is 28.1. The lowest BCUT2D eigenvalue weighted by atomic mass is 10.1. The third kappa shape index (κ3) is 2.17. The second kappa shape index (κ2) is 4.40. The number of fused-ring (bicyclic) bond motifs is 1. The first-order valence-electron chi connectivity index (χ1n) is 6.34. The van der Waals surface area contributed by atoms with Crippen LogP contribution in [0.3, 0.4) is 0 Å². The van der Waals surface area contributed by atoms with Crippen molar-refractivity contribution in [2.75, 3.05) is 13.7 Å². The van der Waals surface area contributed by atoms with Gasteiger partial charge in [-0.25, -0.2) is 0 Å². The molecule has 0 aromatic rings. The highest BCUT2D eigenvalue weighted by Crippen LogP contribution is 2.42. The minimum absolute atomic E-state index is 0.0519. The van der Waals surface area contributed by atoms with Crippen molar-refractivity contribution in [3.8, 4) is 0 Å². The van der Waals surface area contributed by atoms with Crippen LogP contribution in [0.2, 0.25) is 0 Å². The number of aliphatic hydroxyl groups excluding tert-OH is 1. The van der Waals surface area contributed by atoms with Crippen molar-refractivity contribution < 1.29 is 28.8 Å². The first-order chi connectivity index (χ1) is 8.54. The van der Waals surface area contributed by atoms with Crippen LogP contribution < -0.4 is 0 Å². The van der Waals surface area contributed by atoms with E-state index in [4.69, 9.17) is 28.8 Å². The normalized spacial score (nSPS) is 49.3. The second-order valence-corrected chi connectivity index (χ2v) is 5.47. The summed E-state index contributed by atoms with van der Waals surface area (Å²) in [5.41, 5.74) is 0. The molecule has 0 saturated carbocycles. The van der Waals surface area contributed by atoms with Crippen LogP contribution in [0.4, 0.5) is 0 Å². The third-order valence-electron chi connectivity index (χ3n) is 3.67. The van der Waals surface area contributed by atoms with Gasteiger partial charge in [0.1, 0.15) is 18.3 Å². The summed E-state index contributed by atoms with van der Waals surface area (Å²) in [5, 5.41) is 8.97. The molecule has 6 heteroatoms. The van der Waals surface area contributed by atoms with E-state index in [2.05, 4.69) is 0 Å². The Morgan fingerprint density at radius 2 is 1.78 bits per heavy atom. The minimum Gasteiger partial charge on any atom is -0.394 e. The predicted molar refractivity (Wildman–Crippen MR) is 59.9 cm³/mol. The van der Waals surface area contributed by atoms with E-state index in [0.29, 0.717) is 6.42 Å². The van der Waals surface area contributed by atoms with Crippen LogP contribution in [0, 0.1) is 0 Å². The van der Waals surface area contributed by atoms with Gasteiger partial charge in [0.15, 0.2) is 12.1 Å². The van der Waals surface area contributed by atoms with Gasteiger partial charge in [-0.15, -0.1) is 0 Å². The summed E-state index contributed by atoms with van der Waals surface area (Å²) in [4.78, 5) is 0. The molecule has 0 aliphatic carbocycles. The quantitative estimate of drug-likeness (QED) is 0.719. The van der Waals surface area contributed by atoms with Crippen LogP contribution in [0.15, 0.2) is 0 Å². The van der Waals surface area contributed by atoms with Crippen molar-refractivity contribution in [2.45, 2.75) is 62.9 Å². The van der Waals surface area contributed by atoms with Crippen LogP contribution in [-0.2, 0) is 23.7 Å². The molecule has 3 heterocycles. The Morgan fingerprint density at radius 3 is 2.39 bits per heavy atom. The maximum atomic E-state index is 8.97. The largest absolute Gasteiger partial charge is 0.394 e. The van der Waals surface area contributed by atoms with E-state index < -0.39 is 12.1 Å². The van der Waals surface area contributed by atoms with Crippen molar-refractivity contribution >= 4 is 0 Å². The molecule has 3 fully saturated rings. The standard InChI is InChI=1S/C12H20O6/c1-12(2)17-9-7(4-6-8(5-13)15-6)16-11(14-3)10(9)18-12/h6-11,13H,4-5H2,1-3H3/t6-,7+,8-,9+,10+,11+/m0/s1. The van der Waals surface area contributed by atoms with Crippen LogP contribution in [0.1, 0.15) is 20.3 Å². The minimum atomic E-state index is -0.602. The summed E-state index contributed by atoms with van der Waals surface area (Å²) in [6.07, 6.45) is -0.121. The highest BCUT2D eigenvalue weighted by molar-refractivity contribution is 4.98. The molecular weight excluding hydrogens is 240 g/mol. The van der Waals surface area contributed by atoms with E-state index in [9.17, 15) is 0 Å². The van der Waals surface area contributed by atoms with Gasteiger partial charge in [-0.3, -0.25) is 0 Å². The van der Waals surface area contributed by atoms with Gasteiger partial charge in [-0.05, 0) is 13.8 Å². The van der Waals surface area contributed by atoms with Gasteiger partial charge in [0.05, 0.1) is 18.8 Å². The zero-order valence-corrected chi connectivity index (χ0v) is 10.9. The Kier molecular flexibility index (Phi) is 3.12. The zero-order chi connectivity index (χ0) is 12.9. The molecule has 3 aliphatic heterocycles. The van der Waals surface area contributed by atoms with Crippen molar-refractivity contribution in [3.05, 3.63) is 0 Å². The van der Waals surface area contributed by atoms with Crippen LogP contribution in [0.5, 0.6) is 0 Å². The molecule has 3 rings (SSSR count). The fourth-order valence-corrected chi connectivity index (χ4v) is 2.80. The molecule has 6 nitrogen and oxygen atoms in total. The number of aliphatic hydroxyl groups is 1. The number of methoxy groups -OCH3 is 1. The molecule has 0 radical (unpaired) electrons. The number of ether oxygens (including phenoxy) is 5. The molecule has 0 spiro atoms. The summed E-state index contributed by atoms with van der Waals surface area (Å²) in [6.45, 7) is 3.83. The topological polar surface area (TPSA) is 69.7 Å². The fourth-order valence-electron chi connectivity index (χ4n) is 2.80. The average molecular weight is 260 g/mol. The van der Waals surface area contributed by atoms with Gasteiger partial charge in [0, 0.05) is 13.5 Å². The summed E-state index contributed by atoms with van der Waals surface area (Å²) in [7, 11) is 1.60. The average Bonchev–Trinajstić information content (AvgIpc) is 2.90. The van der Waals surface area contributed by atoms with Crippen molar-refractivity contribution in [2.24, 2.45) is 0 Å². The molecule has 6 atom stereocenters. The van der Waals surface area contributed by atoms with E-state index in [1.54, 1.807) is 7.11 Å². The predicted octanol–water partition coefficient (Wildman–Crippen LogP) is 0.0276. The monoisotopic (exact) mass is 260 g/mol. The van der Waals surface area contributed by atoms with Gasteiger partial charge >= 0.3 is 0 Å². The lowest BCUT2D eigenvalue weighted by Crippen LogP contribution is -2.31. The zero-order valence-electron chi connectivity index (χ0n) is 10.9. The Bertz CT molecular complexity index is 320. The van der Waals surface area contributed by atoms with Crippen LogP contribution in [-0.4, -0.2) is 61.4 Å². The number of rotatable bonds is 4. The molecule has 0 amide bonds. The van der Waals surface area contributed by atoms with Gasteiger partial charge in [0.25, 0.3) is 0 Å². The second-order valence-electron chi connectivity index (χ2n) is 5.47. The molecule has 0 unspecified atom stereocenters. The maximum absolute atomic E-state index is 8.97. The first kappa shape index (κ1) is 12.8. The van der Waals surface area contributed by atoms with Gasteiger partial charge in [0.2, 0.25) is 0 Å². The molecule has 0 aromatic carbocycles. The van der Waals surface area contributed by atoms with Gasteiger partial charge in [-0.1, -0.05) is 0 Å². The highest BCUT2D eigenvalue weighted by atomic mass is 16.8. The Morgan fingerprint density at radius 1 is 1.06 bits per heavy atom. The van der Waals surface area contributed by atoms with E-state index in [-0.39, 0.29) is 37.1 Å². The number of hydrogen-bond donors (Lipinski definition) is 1. The molecule has 3 aliphatic rings. The molecular formula is C12H20O6. The first-order valence-corrected chi connectivity index (χ1v) is 6.34. The number of hydrogen-bond acceptors (Lipinski definition) is 6. The Hall–Kier alpha value is -0.240. The lowest BCUT2D eigenvalue weighted by molar-refractivity contribution is -0.227. The van der Waals surface area contributed by atoms with Crippen LogP contribution >= 0.6 is 0 Å². The molecule has 1 N–H and O–H groups in total. The van der Waals surface area contributed by atoms with Crippen LogP contribution in [0.25, 0.3) is 0 Å². The van der Waals surface area contributed by atoms with Gasteiger partial charge in [-0.2, -0.15) is 0 Å². The highest BCUT2D eigenvalue weighted by Gasteiger charge is 2.57.